The molecule has 1 aromatic heterocycles. The highest BCUT2D eigenvalue weighted by atomic mass is 19.1. The van der Waals surface area contributed by atoms with E-state index in [1.54, 1.807) is 0 Å². The predicted octanol–water partition coefficient (Wildman–Crippen LogP) is 1.82. The molecule has 3 nitrogen and oxygen atoms in total. The van der Waals surface area contributed by atoms with E-state index in [9.17, 15) is 4.39 Å². The van der Waals surface area contributed by atoms with Crippen molar-refractivity contribution in [2.75, 3.05) is 5.73 Å². The Labute approximate surface area is 76.1 Å². The molecule has 0 amide bonds. The summed E-state index contributed by atoms with van der Waals surface area (Å²) in [6.45, 7) is 3.82. The van der Waals surface area contributed by atoms with Crippen LogP contribution < -0.4 is 5.73 Å². The van der Waals surface area contributed by atoms with Gasteiger partial charge >= 0.3 is 0 Å². The molecule has 0 radical (unpaired) electrons. The number of anilines is 1. The molecule has 1 aliphatic rings. The first-order chi connectivity index (χ1) is 6.09. The number of rotatable bonds is 2. The summed E-state index contributed by atoms with van der Waals surface area (Å²) >= 11 is 0. The first-order valence-electron chi connectivity index (χ1n) is 4.48. The Morgan fingerprint density at radius 1 is 1.77 bits per heavy atom. The summed E-state index contributed by atoms with van der Waals surface area (Å²) < 4.78 is 17.9. The molecule has 2 N–H and O–H groups in total. The highest BCUT2D eigenvalue weighted by molar-refractivity contribution is 5.45. The van der Waals surface area contributed by atoms with Gasteiger partial charge in [-0.2, -0.15) is 0 Å². The van der Waals surface area contributed by atoms with Gasteiger partial charge in [0.25, 0.3) is 0 Å². The number of alkyl halides is 1. The summed E-state index contributed by atoms with van der Waals surface area (Å²) in [5, 5.41) is 3.83. The molecule has 0 aromatic carbocycles. The molecule has 0 saturated heterocycles. The standard InChI is InChI=1S/C9H13FN2O/c1-3-5-7(12-13-8(5)11)9(2)4-6(9)10/h6H,3-4,11H2,1-2H3. The first kappa shape index (κ1) is 8.53. The van der Waals surface area contributed by atoms with Gasteiger partial charge in [-0.25, -0.2) is 4.39 Å². The number of halogens is 1. The van der Waals surface area contributed by atoms with Gasteiger partial charge in [-0.05, 0) is 12.8 Å². The van der Waals surface area contributed by atoms with E-state index in [1.165, 1.54) is 0 Å². The summed E-state index contributed by atoms with van der Waals surface area (Å²) in [6, 6.07) is 0. The van der Waals surface area contributed by atoms with Gasteiger partial charge < -0.3 is 10.3 Å². The largest absolute Gasteiger partial charge is 0.367 e. The van der Waals surface area contributed by atoms with Crippen LogP contribution in [0, 0.1) is 0 Å². The predicted molar refractivity (Wildman–Crippen MR) is 47.2 cm³/mol. The monoisotopic (exact) mass is 184 g/mol. The third-order valence-corrected chi connectivity index (χ3v) is 2.85. The molecule has 0 spiro atoms. The van der Waals surface area contributed by atoms with Crippen LogP contribution in [0.15, 0.2) is 4.52 Å². The molecule has 1 aromatic rings. The maximum absolute atomic E-state index is 13.0. The Balaban J connectivity index is 2.41. The Kier molecular flexibility index (Phi) is 1.62. The number of nitrogens with two attached hydrogens (primary N) is 1. The second kappa shape index (κ2) is 2.47. The Morgan fingerprint density at radius 3 is 2.85 bits per heavy atom. The molecule has 0 aliphatic heterocycles. The van der Waals surface area contributed by atoms with Crippen LogP contribution >= 0.6 is 0 Å². The van der Waals surface area contributed by atoms with Gasteiger partial charge in [0.1, 0.15) is 6.17 Å². The highest BCUT2D eigenvalue weighted by Gasteiger charge is 2.55. The van der Waals surface area contributed by atoms with Crippen LogP contribution in [0.25, 0.3) is 0 Å². The third-order valence-electron chi connectivity index (χ3n) is 2.85. The van der Waals surface area contributed by atoms with E-state index in [4.69, 9.17) is 10.3 Å². The van der Waals surface area contributed by atoms with E-state index in [2.05, 4.69) is 5.16 Å². The van der Waals surface area contributed by atoms with E-state index >= 15 is 0 Å². The number of nitrogens with zero attached hydrogens (tertiary/aromatic N) is 1. The minimum atomic E-state index is -0.790. The number of nitrogen functional groups attached to an aromatic ring is 1. The molecule has 2 unspecified atom stereocenters. The molecule has 1 fully saturated rings. The molecule has 4 heteroatoms. The second-order valence-electron chi connectivity index (χ2n) is 3.82. The quantitative estimate of drug-likeness (QED) is 0.762. The van der Waals surface area contributed by atoms with Crippen molar-refractivity contribution < 1.29 is 8.91 Å². The van der Waals surface area contributed by atoms with Gasteiger partial charge in [0.05, 0.1) is 5.69 Å². The fraction of sp³-hybridized carbons (Fsp3) is 0.667. The van der Waals surface area contributed by atoms with E-state index in [0.29, 0.717) is 18.0 Å². The lowest BCUT2D eigenvalue weighted by molar-refractivity contribution is 0.393. The van der Waals surface area contributed by atoms with Gasteiger partial charge in [0.15, 0.2) is 0 Å². The van der Waals surface area contributed by atoms with Gasteiger partial charge in [-0.15, -0.1) is 0 Å². The molecular formula is C9H13FN2O. The Morgan fingerprint density at radius 2 is 2.38 bits per heavy atom. The molecule has 0 bridgehead atoms. The van der Waals surface area contributed by atoms with Crippen molar-refractivity contribution in [1.29, 1.82) is 0 Å². The summed E-state index contributed by atoms with van der Waals surface area (Å²) in [4.78, 5) is 0. The molecular weight excluding hydrogens is 171 g/mol. The minimum Gasteiger partial charge on any atom is -0.367 e. The summed E-state index contributed by atoms with van der Waals surface area (Å²) in [6.07, 6.45) is 0.487. The van der Waals surface area contributed by atoms with E-state index < -0.39 is 11.6 Å². The van der Waals surface area contributed by atoms with Crippen molar-refractivity contribution in [2.24, 2.45) is 0 Å². The molecule has 1 aliphatic carbocycles. The lowest BCUT2D eigenvalue weighted by atomic mass is 9.99. The van der Waals surface area contributed by atoms with Crippen LogP contribution in [-0.2, 0) is 11.8 Å². The zero-order valence-electron chi connectivity index (χ0n) is 7.80. The molecule has 13 heavy (non-hydrogen) atoms. The molecule has 2 atom stereocenters. The van der Waals surface area contributed by atoms with Crippen molar-refractivity contribution in [3.63, 3.8) is 0 Å². The van der Waals surface area contributed by atoms with Crippen molar-refractivity contribution >= 4 is 5.88 Å². The van der Waals surface area contributed by atoms with Crippen molar-refractivity contribution in [1.82, 2.24) is 5.16 Å². The maximum atomic E-state index is 13.0. The van der Waals surface area contributed by atoms with Crippen molar-refractivity contribution in [3.8, 4) is 0 Å². The highest BCUT2D eigenvalue weighted by Crippen LogP contribution is 2.51. The molecule has 2 rings (SSSR count). The summed E-state index contributed by atoms with van der Waals surface area (Å²) in [5.41, 5.74) is 6.70. The van der Waals surface area contributed by atoms with Gasteiger partial charge in [-0.1, -0.05) is 19.0 Å². The smallest absolute Gasteiger partial charge is 0.225 e. The van der Waals surface area contributed by atoms with Crippen LogP contribution in [0.3, 0.4) is 0 Å². The maximum Gasteiger partial charge on any atom is 0.225 e. The Hall–Kier alpha value is -1.06. The minimum absolute atomic E-state index is 0.331. The third kappa shape index (κ3) is 1.04. The summed E-state index contributed by atoms with van der Waals surface area (Å²) in [7, 11) is 0. The van der Waals surface area contributed by atoms with E-state index in [-0.39, 0.29) is 0 Å². The second-order valence-corrected chi connectivity index (χ2v) is 3.82. The zero-order chi connectivity index (χ0) is 9.64. The molecule has 72 valence electrons. The fourth-order valence-corrected chi connectivity index (χ4v) is 1.67. The Bertz CT molecular complexity index is 336. The average molecular weight is 184 g/mol. The average Bonchev–Trinajstić information content (AvgIpc) is 2.56. The lowest BCUT2D eigenvalue weighted by Crippen LogP contribution is -2.08. The lowest BCUT2D eigenvalue weighted by Gasteiger charge is -2.04. The molecule has 1 heterocycles. The normalized spacial score (nSPS) is 32.1. The van der Waals surface area contributed by atoms with Gasteiger partial charge in [0, 0.05) is 11.0 Å². The van der Waals surface area contributed by atoms with Crippen LogP contribution in [0.4, 0.5) is 10.3 Å². The van der Waals surface area contributed by atoms with Crippen LogP contribution in [0.2, 0.25) is 0 Å². The van der Waals surface area contributed by atoms with Crippen molar-refractivity contribution in [2.45, 2.75) is 38.3 Å². The van der Waals surface area contributed by atoms with Gasteiger partial charge in [-0.3, -0.25) is 0 Å². The van der Waals surface area contributed by atoms with E-state index in [0.717, 1.165) is 12.0 Å². The number of hydrogen-bond acceptors (Lipinski definition) is 3. The summed E-state index contributed by atoms with van der Waals surface area (Å²) in [5.74, 6) is 0.331. The van der Waals surface area contributed by atoms with Crippen LogP contribution in [-0.4, -0.2) is 11.3 Å². The fourth-order valence-electron chi connectivity index (χ4n) is 1.67. The van der Waals surface area contributed by atoms with Crippen LogP contribution in [0.1, 0.15) is 31.5 Å². The van der Waals surface area contributed by atoms with Crippen LogP contribution in [0.5, 0.6) is 0 Å². The van der Waals surface area contributed by atoms with Crippen molar-refractivity contribution in [3.05, 3.63) is 11.3 Å². The first-order valence-corrected chi connectivity index (χ1v) is 4.48. The molecule has 1 saturated carbocycles. The number of aromatic nitrogens is 1. The topological polar surface area (TPSA) is 52.0 Å². The number of hydrogen-bond donors (Lipinski definition) is 1. The van der Waals surface area contributed by atoms with Gasteiger partial charge in [0.2, 0.25) is 5.88 Å². The zero-order valence-corrected chi connectivity index (χ0v) is 7.80. The van der Waals surface area contributed by atoms with E-state index in [1.807, 2.05) is 13.8 Å². The SMILES string of the molecule is CCc1c(C2(C)CC2F)noc1N.